The second kappa shape index (κ2) is 16.3. The highest BCUT2D eigenvalue weighted by Gasteiger charge is 2.37. The molecule has 2 saturated heterocycles. The lowest BCUT2D eigenvalue weighted by molar-refractivity contribution is -0.120. The number of nitrogens with zero attached hydrogens (tertiary/aromatic N) is 6. The molecule has 6 heterocycles. The molecule has 0 spiro atoms. The predicted octanol–water partition coefficient (Wildman–Crippen LogP) is 7.12. The van der Waals surface area contributed by atoms with Gasteiger partial charge in [-0.1, -0.05) is 54.1 Å². The van der Waals surface area contributed by atoms with Gasteiger partial charge in [-0.15, -0.1) is 0 Å². The first kappa shape index (κ1) is 41.0. The van der Waals surface area contributed by atoms with Crippen LogP contribution in [0.2, 0.25) is 5.02 Å². The zero-order valence-electron chi connectivity index (χ0n) is 34.9. The number of pyridine rings is 2. The summed E-state index contributed by atoms with van der Waals surface area (Å²) in [5, 5.41) is 6.53. The molecule has 60 heavy (non-hydrogen) atoms. The van der Waals surface area contributed by atoms with E-state index in [1.807, 2.05) is 88.3 Å². The molecule has 3 aliphatic rings. The minimum atomic E-state index is -0.683. The van der Waals surface area contributed by atoms with Crippen LogP contribution < -0.4 is 21.1 Å². The van der Waals surface area contributed by atoms with Crippen molar-refractivity contribution in [2.75, 3.05) is 32.1 Å². The number of benzene rings is 2. The van der Waals surface area contributed by atoms with Crippen molar-refractivity contribution in [2.45, 2.75) is 90.2 Å². The molecule has 3 aliphatic heterocycles. The van der Waals surface area contributed by atoms with Gasteiger partial charge in [0.05, 0.1) is 28.5 Å². The Morgan fingerprint density at radius 2 is 1.65 bits per heavy atom. The van der Waals surface area contributed by atoms with E-state index in [1.165, 1.54) is 0 Å². The van der Waals surface area contributed by atoms with Crippen LogP contribution in [-0.4, -0.2) is 87.1 Å². The van der Waals surface area contributed by atoms with Gasteiger partial charge in [-0.2, -0.15) is 0 Å². The average Bonchev–Trinajstić information content (AvgIpc) is 3.85. The normalized spacial score (nSPS) is 19.1. The van der Waals surface area contributed by atoms with Crippen LogP contribution in [0.25, 0.3) is 39.2 Å². The summed E-state index contributed by atoms with van der Waals surface area (Å²) in [5.41, 5.74) is 7.39. The molecule has 3 aromatic heterocycles. The summed E-state index contributed by atoms with van der Waals surface area (Å²) in [6.45, 7) is 9.02. The third-order valence-electron chi connectivity index (χ3n) is 11.8. The first-order valence-electron chi connectivity index (χ1n) is 20.6. The van der Waals surface area contributed by atoms with E-state index in [0.29, 0.717) is 73.7 Å². The number of hydrogen-bond donors (Lipinski definition) is 2. The van der Waals surface area contributed by atoms with E-state index in [-0.39, 0.29) is 35.6 Å². The van der Waals surface area contributed by atoms with Crippen molar-refractivity contribution in [2.24, 2.45) is 0 Å². The van der Waals surface area contributed by atoms with Crippen LogP contribution >= 0.6 is 11.6 Å². The summed E-state index contributed by atoms with van der Waals surface area (Å²) in [5.74, 6) is 0.783. The molecule has 13 nitrogen and oxygen atoms in total. The fourth-order valence-corrected chi connectivity index (χ4v) is 8.98. The summed E-state index contributed by atoms with van der Waals surface area (Å²) in [6, 6.07) is 19.5. The zero-order chi connectivity index (χ0) is 42.5. The lowest BCUT2D eigenvalue weighted by Crippen LogP contribution is -2.47. The Bertz CT molecular complexity index is 2570. The fraction of sp³-hybridized carbons (Fsp3) is 0.391. The molecule has 2 N–H and O–H groups in total. The molecule has 0 saturated carbocycles. The van der Waals surface area contributed by atoms with E-state index in [1.54, 1.807) is 21.7 Å². The van der Waals surface area contributed by atoms with Gasteiger partial charge in [-0.25, -0.2) is 14.8 Å². The topological polar surface area (TPSA) is 141 Å². The van der Waals surface area contributed by atoms with Gasteiger partial charge >= 0.3 is 6.09 Å². The van der Waals surface area contributed by atoms with Crippen molar-refractivity contribution in [3.05, 3.63) is 105 Å². The zero-order valence-corrected chi connectivity index (χ0v) is 35.7. The van der Waals surface area contributed by atoms with Gasteiger partial charge in [0.2, 0.25) is 11.8 Å². The average molecular weight is 831 g/mol. The molecule has 8 rings (SSSR count). The molecular weight excluding hydrogens is 780 g/mol. The Kier molecular flexibility index (Phi) is 11.2. The van der Waals surface area contributed by atoms with Gasteiger partial charge in [0.1, 0.15) is 17.1 Å². The summed E-state index contributed by atoms with van der Waals surface area (Å²) < 4.78 is 7.46. The third kappa shape index (κ3) is 8.20. The number of anilines is 1. The Hall–Kier alpha value is -5.79. The van der Waals surface area contributed by atoms with Gasteiger partial charge in [-0.05, 0) is 94.5 Å². The van der Waals surface area contributed by atoms with Crippen LogP contribution in [0.5, 0.6) is 0 Å². The van der Waals surface area contributed by atoms with Crippen LogP contribution in [0.1, 0.15) is 75.6 Å². The van der Waals surface area contributed by atoms with Crippen LogP contribution in [0.3, 0.4) is 0 Å². The second-order valence-corrected chi connectivity index (χ2v) is 17.6. The largest absolute Gasteiger partial charge is 0.444 e. The number of carbonyl (C=O) groups excluding carboxylic acids is 3. The fourth-order valence-electron chi connectivity index (χ4n) is 8.65. The van der Waals surface area contributed by atoms with Gasteiger partial charge < -0.3 is 20.3 Å². The standard InChI is InChI=1S/C46H51ClN8O5/c1-27-31(28-19-22-54-39(23-28)48-24-29(44(54)58)25-53(6)38-16-18-41(57)51-38)9-7-10-32(27)33-11-8-12-34(42(33)47)36-15-14-35-37(20-21-52(5)43(35)50-36)55(45(59)60-46(2,3)4)26-30-13-17-40(56)49-30/h7-12,14-15,19,22-24,30,37-38H,13,16-18,20-21,25-26H2,1-6H3,(H,49,56)(H,51,57)/t30-,37?,38-/m0/s1. The SMILES string of the molecule is Cc1c(-c2ccn3c(=O)c(CN(C)[C@H]4CCC(=O)N4)cnc3c2)cccc1-c1cccc(-c2ccc3c(n2)N(C)CCC3N(C[C@@H]2CCC(=O)N2)C(=O)OC(C)(C)C)c1Cl. The maximum absolute atomic E-state index is 13.7. The molecular formula is C46H51ClN8O5. The third-order valence-corrected chi connectivity index (χ3v) is 12.2. The van der Waals surface area contributed by atoms with E-state index in [9.17, 15) is 19.2 Å². The smallest absolute Gasteiger partial charge is 0.410 e. The van der Waals surface area contributed by atoms with E-state index >= 15 is 0 Å². The van der Waals surface area contributed by atoms with Crippen molar-refractivity contribution < 1.29 is 19.1 Å². The molecule has 2 aromatic carbocycles. The van der Waals surface area contributed by atoms with Crippen molar-refractivity contribution >= 4 is 41.0 Å². The minimum absolute atomic E-state index is 0.00319. The number of aromatic nitrogens is 3. The Labute approximate surface area is 354 Å². The number of fused-ring (bicyclic) bond motifs is 2. The molecule has 3 atom stereocenters. The van der Waals surface area contributed by atoms with Crippen LogP contribution in [0.15, 0.2) is 77.9 Å². The van der Waals surface area contributed by atoms with Crippen LogP contribution in [0, 0.1) is 6.92 Å². The van der Waals surface area contributed by atoms with Gasteiger partial charge in [0.15, 0.2) is 0 Å². The minimum Gasteiger partial charge on any atom is -0.444 e. The number of rotatable bonds is 9. The molecule has 1 unspecified atom stereocenters. The van der Waals surface area contributed by atoms with E-state index < -0.39 is 11.7 Å². The lowest BCUT2D eigenvalue weighted by Gasteiger charge is -2.40. The Balaban J connectivity index is 1.08. The molecule has 2 fully saturated rings. The molecule has 5 aromatic rings. The Morgan fingerprint density at radius 1 is 0.933 bits per heavy atom. The van der Waals surface area contributed by atoms with Gasteiger partial charge in [0.25, 0.3) is 5.56 Å². The number of halogens is 1. The first-order valence-corrected chi connectivity index (χ1v) is 20.9. The van der Waals surface area contributed by atoms with Crippen molar-refractivity contribution in [1.29, 1.82) is 0 Å². The maximum atomic E-state index is 13.7. The molecule has 14 heteroatoms. The maximum Gasteiger partial charge on any atom is 0.410 e. The molecule has 312 valence electrons. The highest BCUT2D eigenvalue weighted by molar-refractivity contribution is 6.36. The monoisotopic (exact) mass is 830 g/mol. The van der Waals surface area contributed by atoms with Crippen LogP contribution in [-0.2, 0) is 20.9 Å². The highest BCUT2D eigenvalue weighted by Crippen LogP contribution is 2.42. The highest BCUT2D eigenvalue weighted by atomic mass is 35.5. The van der Waals surface area contributed by atoms with Crippen molar-refractivity contribution in [3.8, 4) is 33.5 Å². The number of carbonyl (C=O) groups is 3. The van der Waals surface area contributed by atoms with Crippen LogP contribution in [0.4, 0.5) is 10.6 Å². The second-order valence-electron chi connectivity index (χ2n) is 17.2. The van der Waals surface area contributed by atoms with E-state index in [4.69, 9.17) is 21.3 Å². The summed E-state index contributed by atoms with van der Waals surface area (Å²) >= 11 is 7.32. The van der Waals surface area contributed by atoms with Gasteiger partial charge in [0, 0.05) is 74.6 Å². The Morgan fingerprint density at radius 3 is 2.37 bits per heavy atom. The quantitative estimate of drug-likeness (QED) is 0.159. The first-order chi connectivity index (χ1) is 28.6. The lowest BCUT2D eigenvalue weighted by atomic mass is 9.91. The van der Waals surface area contributed by atoms with E-state index in [2.05, 4.69) is 39.6 Å². The van der Waals surface area contributed by atoms with Crippen molar-refractivity contribution in [3.63, 3.8) is 0 Å². The predicted molar refractivity (Wildman–Crippen MR) is 233 cm³/mol. The summed E-state index contributed by atoms with van der Waals surface area (Å²) in [6.07, 6.45) is 5.86. The molecule has 0 radical (unpaired) electrons. The number of amides is 3. The molecule has 0 aliphatic carbocycles. The number of hydrogen-bond acceptors (Lipinski definition) is 9. The number of nitrogens with one attached hydrogen (secondary N) is 2. The van der Waals surface area contributed by atoms with Crippen molar-refractivity contribution in [1.82, 2.24) is 34.8 Å². The van der Waals surface area contributed by atoms with Gasteiger partial charge in [-0.3, -0.25) is 28.6 Å². The summed E-state index contributed by atoms with van der Waals surface area (Å²) in [7, 11) is 3.90. The molecule has 0 bridgehead atoms. The number of ether oxygens (including phenoxy) is 1. The summed E-state index contributed by atoms with van der Waals surface area (Å²) in [4.78, 5) is 66.8. The van der Waals surface area contributed by atoms with E-state index in [0.717, 1.165) is 44.8 Å². The molecule has 3 amide bonds.